The van der Waals surface area contributed by atoms with Gasteiger partial charge < -0.3 is 10.2 Å². The van der Waals surface area contributed by atoms with E-state index in [1.54, 1.807) is 0 Å². The summed E-state index contributed by atoms with van der Waals surface area (Å²) < 4.78 is 0. The van der Waals surface area contributed by atoms with Gasteiger partial charge in [0.15, 0.2) is 0 Å². The average Bonchev–Trinajstić information content (AvgIpc) is 2.36. The Kier molecular flexibility index (Phi) is 25.5. The van der Waals surface area contributed by atoms with Crippen molar-refractivity contribution in [1.29, 1.82) is 0 Å². The molecule has 1 saturated heterocycles. The molecule has 0 aromatic carbocycles. The third-order valence-electron chi connectivity index (χ3n) is 2.46. The van der Waals surface area contributed by atoms with E-state index in [9.17, 15) is 0 Å². The van der Waals surface area contributed by atoms with Crippen molar-refractivity contribution in [3.8, 4) is 0 Å². The van der Waals surface area contributed by atoms with Gasteiger partial charge in [-0.05, 0) is 26.1 Å². The van der Waals surface area contributed by atoms with Gasteiger partial charge in [-0.15, -0.1) is 6.04 Å². The maximum Gasteiger partial charge on any atom is 0 e. The summed E-state index contributed by atoms with van der Waals surface area (Å²) in [6.07, 6.45) is 3.83. The van der Waals surface area contributed by atoms with Gasteiger partial charge in [-0.2, -0.15) is 7.05 Å². The molecule has 97 valence electrons. The summed E-state index contributed by atoms with van der Waals surface area (Å²) in [4.78, 5) is 2.54. The summed E-state index contributed by atoms with van der Waals surface area (Å²) in [5.74, 6) is 0. The van der Waals surface area contributed by atoms with Crippen molar-refractivity contribution in [2.75, 3.05) is 26.7 Å². The molecule has 1 heterocycles. The fraction of sp³-hybridized carbons (Fsp3) is 1.00. The number of rotatable bonds is 3. The van der Waals surface area contributed by atoms with E-state index in [2.05, 4.69) is 17.1 Å². The number of hydrogen-bond acceptors (Lipinski definition) is 1. The van der Waals surface area contributed by atoms with Crippen molar-refractivity contribution >= 4 is 0 Å². The summed E-state index contributed by atoms with van der Waals surface area (Å²) >= 11 is 0. The number of piperidine rings is 1. The number of hydrogen-bond donors (Lipinski definition) is 0. The van der Waals surface area contributed by atoms with Crippen molar-refractivity contribution in [3.63, 3.8) is 0 Å². The first-order chi connectivity index (χ1) is 7.36. The van der Waals surface area contributed by atoms with Crippen LogP contribution < -0.4 is 0 Å². The summed E-state index contributed by atoms with van der Waals surface area (Å²) in [5.41, 5.74) is 0. The first-order valence-electron chi connectivity index (χ1n) is 6.68. The predicted molar refractivity (Wildman–Crippen MR) is 71.7 cm³/mol. The van der Waals surface area contributed by atoms with Gasteiger partial charge in [0.05, 0.1) is 0 Å². The SMILES string of the molecule is CC.CC.CCCN1CCC([N-]C)CC1.[Y]. The minimum Gasteiger partial charge on any atom is -0.662 e. The van der Waals surface area contributed by atoms with E-state index in [0.29, 0.717) is 6.04 Å². The van der Waals surface area contributed by atoms with Crippen LogP contribution in [0.3, 0.4) is 0 Å². The molecule has 1 fully saturated rings. The zero-order valence-electron chi connectivity index (χ0n) is 12.3. The topological polar surface area (TPSA) is 17.3 Å². The second kappa shape index (κ2) is 18.4. The summed E-state index contributed by atoms with van der Waals surface area (Å²) in [6.45, 7) is 14.0. The smallest absolute Gasteiger partial charge is 0 e. The molecule has 0 N–H and O–H groups in total. The third-order valence-corrected chi connectivity index (χ3v) is 2.46. The van der Waals surface area contributed by atoms with Gasteiger partial charge in [0, 0.05) is 32.7 Å². The van der Waals surface area contributed by atoms with Crippen molar-refractivity contribution in [1.82, 2.24) is 4.90 Å². The van der Waals surface area contributed by atoms with Crippen LogP contribution >= 0.6 is 0 Å². The van der Waals surface area contributed by atoms with Crippen LogP contribution in [0.25, 0.3) is 5.32 Å². The second-order valence-corrected chi connectivity index (χ2v) is 3.33. The molecule has 1 rings (SSSR count). The molecular weight excluding hydrogens is 273 g/mol. The first kappa shape index (κ1) is 22.2. The van der Waals surface area contributed by atoms with Crippen molar-refractivity contribution in [3.05, 3.63) is 5.32 Å². The molecule has 0 aromatic heterocycles. The Morgan fingerprint density at radius 1 is 1.06 bits per heavy atom. The molecule has 0 spiro atoms. The standard InChI is InChI=1S/C9H19N2.2C2H6.Y/c1-3-6-11-7-4-9(10-2)5-8-11;2*1-2;/h9H,3-8H2,1-2H3;2*1-2H3;/q-1;;;. The van der Waals surface area contributed by atoms with Gasteiger partial charge in [0.1, 0.15) is 0 Å². The van der Waals surface area contributed by atoms with Crippen LogP contribution in [0.15, 0.2) is 0 Å². The third kappa shape index (κ3) is 11.5. The van der Waals surface area contributed by atoms with E-state index in [0.717, 1.165) is 0 Å². The van der Waals surface area contributed by atoms with Crippen LogP contribution in [-0.2, 0) is 32.7 Å². The van der Waals surface area contributed by atoms with Crippen molar-refractivity contribution in [2.24, 2.45) is 0 Å². The maximum absolute atomic E-state index is 4.32. The molecule has 3 heteroatoms. The van der Waals surface area contributed by atoms with E-state index in [1.807, 2.05) is 34.7 Å². The summed E-state index contributed by atoms with van der Waals surface area (Å²) in [6, 6.07) is 0.656. The van der Waals surface area contributed by atoms with E-state index in [4.69, 9.17) is 0 Å². The van der Waals surface area contributed by atoms with Gasteiger partial charge in [-0.3, -0.25) is 0 Å². The Bertz CT molecular complexity index is 102. The zero-order chi connectivity index (χ0) is 12.1. The van der Waals surface area contributed by atoms with Crippen LogP contribution in [-0.4, -0.2) is 37.6 Å². The van der Waals surface area contributed by atoms with Crippen LogP contribution in [0.5, 0.6) is 0 Å². The van der Waals surface area contributed by atoms with E-state index >= 15 is 0 Å². The van der Waals surface area contributed by atoms with E-state index < -0.39 is 0 Å². The molecule has 0 amide bonds. The van der Waals surface area contributed by atoms with Crippen LogP contribution in [0.1, 0.15) is 53.9 Å². The van der Waals surface area contributed by atoms with E-state index in [-0.39, 0.29) is 32.7 Å². The van der Waals surface area contributed by atoms with Gasteiger partial charge in [-0.1, -0.05) is 47.5 Å². The maximum atomic E-state index is 4.32. The monoisotopic (exact) mass is 304 g/mol. The molecule has 1 radical (unpaired) electrons. The minimum atomic E-state index is 0. The normalized spacial score (nSPS) is 16.1. The fourth-order valence-corrected chi connectivity index (χ4v) is 1.72. The molecule has 0 saturated carbocycles. The van der Waals surface area contributed by atoms with Crippen molar-refractivity contribution < 1.29 is 32.7 Å². The molecule has 0 aromatic rings. The average molecular weight is 304 g/mol. The molecule has 16 heavy (non-hydrogen) atoms. The summed E-state index contributed by atoms with van der Waals surface area (Å²) in [5, 5.41) is 4.32. The molecular formula is C13H31N2Y-. The number of nitrogens with zero attached hydrogens (tertiary/aromatic N) is 2. The van der Waals surface area contributed by atoms with Crippen LogP contribution in [0.4, 0.5) is 0 Å². The molecule has 0 aliphatic carbocycles. The second-order valence-electron chi connectivity index (χ2n) is 3.33. The number of likely N-dealkylation sites (tertiary alicyclic amines) is 1. The molecule has 0 atom stereocenters. The Labute approximate surface area is 129 Å². The Morgan fingerprint density at radius 3 is 1.81 bits per heavy atom. The molecule has 0 unspecified atom stereocenters. The first-order valence-corrected chi connectivity index (χ1v) is 6.68. The van der Waals surface area contributed by atoms with Crippen LogP contribution in [0.2, 0.25) is 0 Å². The van der Waals surface area contributed by atoms with Gasteiger partial charge in [0.25, 0.3) is 0 Å². The van der Waals surface area contributed by atoms with Crippen LogP contribution in [0, 0.1) is 0 Å². The molecule has 2 nitrogen and oxygen atoms in total. The predicted octanol–water partition coefficient (Wildman–Crippen LogP) is 3.91. The van der Waals surface area contributed by atoms with Crippen molar-refractivity contribution in [2.45, 2.75) is 59.9 Å². The summed E-state index contributed by atoms with van der Waals surface area (Å²) in [7, 11) is 1.94. The largest absolute Gasteiger partial charge is 0.662 e. The van der Waals surface area contributed by atoms with Gasteiger partial charge in [0.2, 0.25) is 0 Å². The molecule has 0 bridgehead atoms. The quantitative estimate of drug-likeness (QED) is 0.772. The van der Waals surface area contributed by atoms with Gasteiger partial charge in [-0.25, -0.2) is 0 Å². The molecule has 1 aliphatic rings. The Hall–Kier alpha value is 1.02. The fourth-order valence-electron chi connectivity index (χ4n) is 1.72. The van der Waals surface area contributed by atoms with E-state index in [1.165, 1.54) is 38.9 Å². The Balaban J connectivity index is -0.000000305. The minimum absolute atomic E-state index is 0. The van der Waals surface area contributed by atoms with Gasteiger partial charge >= 0.3 is 0 Å². The zero-order valence-corrected chi connectivity index (χ0v) is 15.1. The Morgan fingerprint density at radius 2 is 1.50 bits per heavy atom. The molecule has 1 aliphatic heterocycles.